The molecule has 0 N–H and O–H groups in total. The van der Waals surface area contributed by atoms with Crippen LogP contribution in [-0.2, 0) is 7.05 Å². The van der Waals surface area contributed by atoms with Crippen molar-refractivity contribution < 1.29 is 0 Å². The van der Waals surface area contributed by atoms with E-state index >= 15 is 0 Å². The molecule has 0 spiro atoms. The molecule has 4 rings (SSSR count). The van der Waals surface area contributed by atoms with Gasteiger partial charge in [0.15, 0.2) is 0 Å². The van der Waals surface area contributed by atoms with Crippen molar-refractivity contribution in [2.24, 2.45) is 17.3 Å². The predicted octanol–water partition coefficient (Wildman–Crippen LogP) is 4.94. The molecule has 1 aromatic heterocycles. The zero-order valence-electron chi connectivity index (χ0n) is 15.3. The summed E-state index contributed by atoms with van der Waals surface area (Å²) in [6.07, 6.45) is 1.79. The van der Waals surface area contributed by atoms with Gasteiger partial charge in [-0.15, -0.1) is 5.10 Å². The minimum Gasteiger partial charge on any atom is -0.345 e. The third kappa shape index (κ3) is 3.68. The fourth-order valence-electron chi connectivity index (χ4n) is 2.91. The molecule has 0 aliphatic rings. The van der Waals surface area contributed by atoms with Crippen LogP contribution in [0.4, 0.5) is 11.4 Å². The first kappa shape index (κ1) is 17.2. The average molecular weight is 372 g/mol. The summed E-state index contributed by atoms with van der Waals surface area (Å²) in [7, 11) is 4.08. The Hall–Kier alpha value is -3.18. The van der Waals surface area contributed by atoms with Crippen molar-refractivity contribution in [1.29, 1.82) is 0 Å². The van der Waals surface area contributed by atoms with Gasteiger partial charge in [0.1, 0.15) is 0 Å². The molecule has 5 heteroatoms. The van der Waals surface area contributed by atoms with Crippen LogP contribution in [-0.4, -0.2) is 17.8 Å². The monoisotopic (exact) mass is 372 g/mol. The maximum atomic E-state index is 4.38. The van der Waals surface area contributed by atoms with Crippen molar-refractivity contribution in [3.8, 4) is 0 Å². The number of hydrogen-bond acceptors (Lipinski definition) is 4. The summed E-state index contributed by atoms with van der Waals surface area (Å²) in [5.74, 6) is 0. The Morgan fingerprint density at radius 3 is 2.26 bits per heavy atom. The Kier molecular flexibility index (Phi) is 4.85. The second-order valence-corrected chi connectivity index (χ2v) is 7.25. The van der Waals surface area contributed by atoms with Gasteiger partial charge in [-0.2, -0.15) is 5.10 Å². The molecule has 0 unspecified atom stereocenters. The third-order valence-electron chi connectivity index (χ3n) is 4.49. The lowest BCUT2D eigenvalue weighted by molar-refractivity contribution is 0.889. The number of thiazole rings is 1. The van der Waals surface area contributed by atoms with Crippen molar-refractivity contribution in [2.45, 2.75) is 0 Å². The summed E-state index contributed by atoms with van der Waals surface area (Å²) in [6.45, 7) is 0. The number of aromatic nitrogens is 1. The Bertz CT molecular complexity index is 1140. The number of rotatable bonds is 4. The molecule has 3 aromatic carbocycles. The van der Waals surface area contributed by atoms with E-state index in [1.165, 1.54) is 10.2 Å². The van der Waals surface area contributed by atoms with Crippen molar-refractivity contribution in [2.75, 3.05) is 11.9 Å². The number of hydrogen-bond donors (Lipinski definition) is 0. The summed E-state index contributed by atoms with van der Waals surface area (Å²) < 4.78 is 3.28. The summed E-state index contributed by atoms with van der Waals surface area (Å²) >= 11 is 1.64. The minimum atomic E-state index is 0.882. The lowest BCUT2D eigenvalue weighted by atomic mass is 10.2. The first-order valence-electron chi connectivity index (χ1n) is 8.73. The highest BCUT2D eigenvalue weighted by Crippen LogP contribution is 2.23. The van der Waals surface area contributed by atoms with E-state index in [1.54, 1.807) is 17.6 Å². The predicted molar refractivity (Wildman–Crippen MR) is 115 cm³/mol. The van der Waals surface area contributed by atoms with Crippen LogP contribution >= 0.6 is 11.3 Å². The van der Waals surface area contributed by atoms with Crippen LogP contribution in [0.2, 0.25) is 0 Å². The van der Waals surface area contributed by atoms with Crippen molar-refractivity contribution in [1.82, 2.24) is 4.57 Å². The van der Waals surface area contributed by atoms with Crippen LogP contribution in [0.3, 0.4) is 0 Å². The summed E-state index contributed by atoms with van der Waals surface area (Å²) in [4.78, 5) is 3.04. The molecule has 4 nitrogen and oxygen atoms in total. The lowest BCUT2D eigenvalue weighted by Gasteiger charge is -2.19. The van der Waals surface area contributed by atoms with Crippen LogP contribution in [0.1, 0.15) is 5.56 Å². The van der Waals surface area contributed by atoms with Gasteiger partial charge in [0.2, 0.25) is 4.80 Å². The van der Waals surface area contributed by atoms with Gasteiger partial charge in [0.25, 0.3) is 0 Å². The van der Waals surface area contributed by atoms with Gasteiger partial charge in [0, 0.05) is 25.5 Å². The maximum absolute atomic E-state index is 4.38. The second kappa shape index (κ2) is 7.60. The second-order valence-electron chi connectivity index (χ2n) is 6.24. The van der Waals surface area contributed by atoms with E-state index in [9.17, 15) is 0 Å². The number of aryl methyl sites for hydroxylation is 1. The molecule has 4 aromatic rings. The van der Waals surface area contributed by atoms with E-state index in [1.807, 2.05) is 37.4 Å². The van der Waals surface area contributed by atoms with Gasteiger partial charge in [-0.3, -0.25) is 0 Å². The molecule has 0 atom stereocenters. The Morgan fingerprint density at radius 1 is 0.852 bits per heavy atom. The Balaban J connectivity index is 1.53. The number of anilines is 2. The van der Waals surface area contributed by atoms with Crippen molar-refractivity contribution in [3.05, 3.63) is 89.2 Å². The molecule has 134 valence electrons. The van der Waals surface area contributed by atoms with Crippen LogP contribution in [0.15, 0.2) is 89.1 Å². The molecule has 0 amide bonds. The van der Waals surface area contributed by atoms with Crippen molar-refractivity contribution in [3.63, 3.8) is 0 Å². The molecule has 0 saturated carbocycles. The molecule has 1 heterocycles. The molecule has 0 saturated heterocycles. The Morgan fingerprint density at radius 2 is 1.52 bits per heavy atom. The van der Waals surface area contributed by atoms with E-state index in [0.29, 0.717) is 0 Å². The van der Waals surface area contributed by atoms with E-state index in [2.05, 4.69) is 75.2 Å². The van der Waals surface area contributed by atoms with E-state index in [4.69, 9.17) is 0 Å². The summed E-state index contributed by atoms with van der Waals surface area (Å²) in [6, 6.07) is 26.9. The van der Waals surface area contributed by atoms with Crippen LogP contribution in [0.5, 0.6) is 0 Å². The average Bonchev–Trinajstić information content (AvgIpc) is 3.05. The number of nitrogens with zero attached hydrogens (tertiary/aromatic N) is 4. The fraction of sp³-hybridized carbons (Fsp3) is 0.0909. The normalized spacial score (nSPS) is 12.1. The molecule has 0 fully saturated rings. The quantitative estimate of drug-likeness (QED) is 0.369. The molecule has 0 bridgehead atoms. The highest BCUT2D eigenvalue weighted by molar-refractivity contribution is 7.16. The first-order valence-corrected chi connectivity index (χ1v) is 9.54. The molecule has 27 heavy (non-hydrogen) atoms. The highest BCUT2D eigenvalue weighted by atomic mass is 32.1. The molecular formula is C22H20N4S. The first-order chi connectivity index (χ1) is 13.2. The number of fused-ring (bicyclic) bond motifs is 1. The van der Waals surface area contributed by atoms with Crippen LogP contribution in [0.25, 0.3) is 10.2 Å². The lowest BCUT2D eigenvalue weighted by Crippen LogP contribution is -2.09. The van der Waals surface area contributed by atoms with Gasteiger partial charge >= 0.3 is 0 Å². The van der Waals surface area contributed by atoms with Crippen molar-refractivity contribution >= 4 is 39.1 Å². The molecule has 0 aliphatic heterocycles. The van der Waals surface area contributed by atoms with E-state index in [-0.39, 0.29) is 0 Å². The minimum absolute atomic E-state index is 0.882. The maximum Gasteiger partial charge on any atom is 0.211 e. The van der Waals surface area contributed by atoms with E-state index in [0.717, 1.165) is 21.7 Å². The molecule has 0 aliphatic carbocycles. The van der Waals surface area contributed by atoms with Gasteiger partial charge in [-0.25, -0.2) is 0 Å². The number of para-hydroxylation sites is 2. The topological polar surface area (TPSA) is 32.9 Å². The van der Waals surface area contributed by atoms with Crippen LogP contribution < -0.4 is 9.70 Å². The number of benzene rings is 3. The zero-order chi connectivity index (χ0) is 18.6. The Labute approximate surface area is 162 Å². The zero-order valence-corrected chi connectivity index (χ0v) is 16.1. The van der Waals surface area contributed by atoms with Gasteiger partial charge in [0.05, 0.1) is 16.4 Å². The third-order valence-corrected chi connectivity index (χ3v) is 5.59. The van der Waals surface area contributed by atoms with Gasteiger partial charge in [-0.1, -0.05) is 53.8 Å². The van der Waals surface area contributed by atoms with Crippen LogP contribution in [0, 0.1) is 0 Å². The SMILES string of the molecule is CN(c1ccccc1)c1ccc(/C=N/N=c2\sc3ccccc3n2C)cc1. The highest BCUT2D eigenvalue weighted by Gasteiger charge is 2.03. The van der Waals surface area contributed by atoms with Gasteiger partial charge < -0.3 is 9.47 Å². The summed E-state index contributed by atoms with van der Waals surface area (Å²) in [5, 5.41) is 8.66. The van der Waals surface area contributed by atoms with Gasteiger partial charge in [-0.05, 0) is 42.0 Å². The van der Waals surface area contributed by atoms with E-state index < -0.39 is 0 Å². The standard InChI is InChI=1S/C22H20N4S/c1-25(18-8-4-3-5-9-18)19-14-12-17(13-15-19)16-23-24-22-26(2)20-10-6-7-11-21(20)27-22/h3-16H,1-2H3/b23-16+,24-22-. The smallest absolute Gasteiger partial charge is 0.211 e. The summed E-state index contributed by atoms with van der Waals surface area (Å²) in [5.41, 5.74) is 4.48. The largest absolute Gasteiger partial charge is 0.345 e. The molecular weight excluding hydrogens is 352 g/mol. The molecule has 0 radical (unpaired) electrons. The fourth-order valence-corrected chi connectivity index (χ4v) is 3.88.